The topological polar surface area (TPSA) is 84.7 Å². The number of ether oxygens (including phenoxy) is 1. The summed E-state index contributed by atoms with van der Waals surface area (Å²) in [6.07, 6.45) is -0.344. The molecule has 1 heterocycles. The van der Waals surface area contributed by atoms with Gasteiger partial charge in [-0.2, -0.15) is 0 Å². The highest BCUT2D eigenvalue weighted by atomic mass is 16.6. The van der Waals surface area contributed by atoms with E-state index in [0.29, 0.717) is 13.1 Å². The SMILES string of the molecule is CC(N)C(=O)NC1CN(C(=O)OC(C)(C)C)C1. The Labute approximate surface area is 101 Å². The molecule has 0 saturated carbocycles. The summed E-state index contributed by atoms with van der Waals surface area (Å²) < 4.78 is 5.19. The molecule has 1 saturated heterocycles. The molecule has 6 heteroatoms. The fourth-order valence-corrected chi connectivity index (χ4v) is 1.38. The molecule has 1 atom stereocenters. The third kappa shape index (κ3) is 4.22. The molecule has 1 fully saturated rings. The lowest BCUT2D eigenvalue weighted by atomic mass is 10.1. The van der Waals surface area contributed by atoms with E-state index in [9.17, 15) is 9.59 Å². The predicted molar refractivity (Wildman–Crippen MR) is 63.4 cm³/mol. The molecule has 0 radical (unpaired) electrons. The number of carbonyl (C=O) groups is 2. The summed E-state index contributed by atoms with van der Waals surface area (Å²) in [4.78, 5) is 24.4. The van der Waals surface area contributed by atoms with Crippen LogP contribution in [-0.2, 0) is 9.53 Å². The predicted octanol–water partition coefficient (Wildman–Crippen LogP) is 0.0691. The van der Waals surface area contributed by atoms with Crippen molar-refractivity contribution in [3.63, 3.8) is 0 Å². The molecule has 0 aliphatic carbocycles. The molecule has 2 amide bonds. The summed E-state index contributed by atoms with van der Waals surface area (Å²) in [5.74, 6) is -0.196. The van der Waals surface area contributed by atoms with E-state index in [1.165, 1.54) is 0 Å². The van der Waals surface area contributed by atoms with Crippen LogP contribution in [0, 0.1) is 0 Å². The fraction of sp³-hybridized carbons (Fsp3) is 0.818. The molecule has 0 aromatic carbocycles. The van der Waals surface area contributed by atoms with Gasteiger partial charge in [0.2, 0.25) is 5.91 Å². The second-order valence-electron chi connectivity index (χ2n) is 5.38. The van der Waals surface area contributed by atoms with Crippen molar-refractivity contribution in [2.24, 2.45) is 5.73 Å². The minimum atomic E-state index is -0.523. The highest BCUT2D eigenvalue weighted by molar-refractivity contribution is 5.81. The first kappa shape index (κ1) is 13.8. The summed E-state index contributed by atoms with van der Waals surface area (Å²) in [6.45, 7) is 8.04. The molecule has 3 N–H and O–H groups in total. The van der Waals surface area contributed by atoms with Crippen molar-refractivity contribution in [3.8, 4) is 0 Å². The van der Waals surface area contributed by atoms with Crippen molar-refractivity contribution in [2.45, 2.75) is 45.4 Å². The van der Waals surface area contributed by atoms with Crippen LogP contribution < -0.4 is 11.1 Å². The van der Waals surface area contributed by atoms with Gasteiger partial charge in [-0.1, -0.05) is 0 Å². The van der Waals surface area contributed by atoms with E-state index in [4.69, 9.17) is 10.5 Å². The fourth-order valence-electron chi connectivity index (χ4n) is 1.38. The molecular formula is C11H21N3O3. The van der Waals surface area contributed by atoms with Gasteiger partial charge in [-0.15, -0.1) is 0 Å². The molecule has 1 unspecified atom stereocenters. The van der Waals surface area contributed by atoms with Crippen LogP contribution in [0.15, 0.2) is 0 Å². The molecule has 1 aliphatic heterocycles. The normalized spacial score (nSPS) is 18.3. The average Bonchev–Trinajstić information content (AvgIpc) is 2.06. The first-order valence-corrected chi connectivity index (χ1v) is 5.73. The lowest BCUT2D eigenvalue weighted by Crippen LogP contribution is -2.63. The van der Waals surface area contributed by atoms with Gasteiger partial charge in [-0.3, -0.25) is 4.79 Å². The third-order valence-electron chi connectivity index (χ3n) is 2.29. The van der Waals surface area contributed by atoms with Gasteiger partial charge >= 0.3 is 6.09 Å². The zero-order chi connectivity index (χ0) is 13.2. The molecule has 6 nitrogen and oxygen atoms in total. The molecule has 0 aromatic rings. The summed E-state index contributed by atoms with van der Waals surface area (Å²) in [5, 5.41) is 2.75. The molecule has 17 heavy (non-hydrogen) atoms. The number of likely N-dealkylation sites (tertiary alicyclic amines) is 1. The van der Waals surface area contributed by atoms with Crippen molar-refractivity contribution >= 4 is 12.0 Å². The van der Waals surface area contributed by atoms with Gasteiger partial charge in [-0.25, -0.2) is 4.79 Å². The number of amides is 2. The molecular weight excluding hydrogens is 222 g/mol. The van der Waals surface area contributed by atoms with Gasteiger partial charge in [0.25, 0.3) is 0 Å². The lowest BCUT2D eigenvalue weighted by molar-refractivity contribution is -0.123. The first-order valence-electron chi connectivity index (χ1n) is 5.73. The van der Waals surface area contributed by atoms with Crippen molar-refractivity contribution in [2.75, 3.05) is 13.1 Å². The van der Waals surface area contributed by atoms with Crippen molar-refractivity contribution < 1.29 is 14.3 Å². The summed E-state index contributed by atoms with van der Waals surface area (Å²) in [7, 11) is 0. The maximum Gasteiger partial charge on any atom is 0.410 e. The van der Waals surface area contributed by atoms with Gasteiger partial charge in [0.05, 0.1) is 12.1 Å². The number of nitrogens with zero attached hydrogens (tertiary/aromatic N) is 1. The first-order chi connectivity index (χ1) is 7.69. The van der Waals surface area contributed by atoms with Crippen molar-refractivity contribution in [1.82, 2.24) is 10.2 Å². The minimum absolute atomic E-state index is 0.0129. The number of hydrogen-bond acceptors (Lipinski definition) is 4. The Morgan fingerprint density at radius 2 is 1.94 bits per heavy atom. The standard InChI is InChI=1S/C11H21N3O3/c1-7(12)9(15)13-8-5-14(6-8)10(16)17-11(2,3)4/h7-8H,5-6,12H2,1-4H3,(H,13,15). The number of nitrogens with two attached hydrogens (primary N) is 1. The van der Waals surface area contributed by atoms with Gasteiger partial charge in [0.15, 0.2) is 0 Å². The lowest BCUT2D eigenvalue weighted by Gasteiger charge is -2.40. The molecule has 0 bridgehead atoms. The van der Waals surface area contributed by atoms with E-state index in [2.05, 4.69) is 5.32 Å². The number of rotatable bonds is 2. The molecule has 98 valence electrons. The van der Waals surface area contributed by atoms with Crippen LogP contribution in [0.1, 0.15) is 27.7 Å². The number of hydrogen-bond donors (Lipinski definition) is 2. The minimum Gasteiger partial charge on any atom is -0.444 e. The van der Waals surface area contributed by atoms with Crippen LogP contribution in [0.25, 0.3) is 0 Å². The zero-order valence-corrected chi connectivity index (χ0v) is 10.8. The Balaban J connectivity index is 2.28. The van der Waals surface area contributed by atoms with Crippen LogP contribution >= 0.6 is 0 Å². The highest BCUT2D eigenvalue weighted by Crippen LogP contribution is 2.15. The van der Waals surface area contributed by atoms with Crippen LogP contribution in [0.3, 0.4) is 0 Å². The van der Waals surface area contributed by atoms with Crippen molar-refractivity contribution in [1.29, 1.82) is 0 Å². The summed E-state index contributed by atoms with van der Waals surface area (Å²) in [6, 6.07) is -0.536. The maximum absolute atomic E-state index is 11.6. The van der Waals surface area contributed by atoms with E-state index in [1.54, 1.807) is 11.8 Å². The third-order valence-corrected chi connectivity index (χ3v) is 2.29. The Morgan fingerprint density at radius 1 is 1.41 bits per heavy atom. The van der Waals surface area contributed by atoms with Gasteiger partial charge < -0.3 is 20.7 Å². The second-order valence-corrected chi connectivity index (χ2v) is 5.38. The van der Waals surface area contributed by atoms with Gasteiger partial charge in [0, 0.05) is 13.1 Å². The van der Waals surface area contributed by atoms with Gasteiger partial charge in [-0.05, 0) is 27.7 Å². The molecule has 1 aliphatic rings. The van der Waals surface area contributed by atoms with Crippen LogP contribution in [0.2, 0.25) is 0 Å². The second kappa shape index (κ2) is 4.91. The van der Waals surface area contributed by atoms with Crippen LogP contribution in [0.4, 0.5) is 4.79 Å². The van der Waals surface area contributed by atoms with E-state index >= 15 is 0 Å². The van der Waals surface area contributed by atoms with E-state index in [1.807, 2.05) is 20.8 Å². The van der Waals surface area contributed by atoms with Crippen LogP contribution in [0.5, 0.6) is 0 Å². The number of carbonyl (C=O) groups excluding carboxylic acids is 2. The Bertz CT molecular complexity index is 304. The Kier molecular flexibility index (Phi) is 3.98. The summed E-state index contributed by atoms with van der Waals surface area (Å²) in [5.41, 5.74) is 4.93. The summed E-state index contributed by atoms with van der Waals surface area (Å²) >= 11 is 0. The maximum atomic E-state index is 11.6. The monoisotopic (exact) mass is 243 g/mol. The molecule has 1 rings (SSSR count). The number of nitrogens with one attached hydrogen (secondary N) is 1. The largest absolute Gasteiger partial charge is 0.444 e. The Hall–Kier alpha value is -1.30. The average molecular weight is 243 g/mol. The van der Waals surface area contributed by atoms with Crippen molar-refractivity contribution in [3.05, 3.63) is 0 Å². The highest BCUT2D eigenvalue weighted by Gasteiger charge is 2.34. The van der Waals surface area contributed by atoms with Crippen LogP contribution in [-0.4, -0.2) is 47.7 Å². The molecule has 0 aromatic heterocycles. The molecule has 0 spiro atoms. The van der Waals surface area contributed by atoms with E-state index in [0.717, 1.165) is 0 Å². The van der Waals surface area contributed by atoms with E-state index in [-0.39, 0.29) is 18.0 Å². The smallest absolute Gasteiger partial charge is 0.410 e. The Morgan fingerprint density at radius 3 is 2.35 bits per heavy atom. The zero-order valence-electron chi connectivity index (χ0n) is 10.8. The van der Waals surface area contributed by atoms with E-state index < -0.39 is 11.6 Å². The van der Waals surface area contributed by atoms with Gasteiger partial charge in [0.1, 0.15) is 5.60 Å². The quantitative estimate of drug-likeness (QED) is 0.718.